The normalized spacial score (nSPS) is 9.61. The molecule has 2 N–H and O–H groups in total. The van der Waals surface area contributed by atoms with Crippen molar-refractivity contribution in [1.29, 1.82) is 0 Å². The molecule has 0 saturated carbocycles. The molecule has 4 nitrogen and oxygen atoms in total. The lowest BCUT2D eigenvalue weighted by Crippen LogP contribution is -2.19. The van der Waals surface area contributed by atoms with Crippen molar-refractivity contribution in [1.82, 2.24) is 10.3 Å². The third-order valence-corrected chi connectivity index (χ3v) is 2.50. The van der Waals surface area contributed by atoms with E-state index in [1.54, 1.807) is 6.20 Å². The maximum absolute atomic E-state index is 10.8. The molecule has 0 aliphatic rings. The summed E-state index contributed by atoms with van der Waals surface area (Å²) < 4.78 is 0. The molecule has 18 heavy (non-hydrogen) atoms. The molecule has 0 unspecified atom stereocenters. The van der Waals surface area contributed by atoms with Crippen LogP contribution in [-0.2, 0) is 4.79 Å². The van der Waals surface area contributed by atoms with E-state index in [0.717, 1.165) is 22.8 Å². The Labute approximate surface area is 104 Å². The van der Waals surface area contributed by atoms with Crippen LogP contribution in [0.25, 0.3) is 10.9 Å². The number of carbonyl (C=O) groups is 2. The molecule has 0 spiro atoms. The monoisotopic (exact) mass is 240 g/mol. The van der Waals surface area contributed by atoms with Crippen LogP contribution in [0.4, 0.5) is 0 Å². The van der Waals surface area contributed by atoms with Crippen LogP contribution in [0.1, 0.15) is 22.8 Å². The second-order valence-corrected chi connectivity index (χ2v) is 3.83. The van der Waals surface area contributed by atoms with Gasteiger partial charge in [-0.15, -0.1) is 0 Å². The highest BCUT2D eigenvalue weighted by Crippen LogP contribution is 2.17. The first-order valence-corrected chi connectivity index (χ1v) is 5.50. The van der Waals surface area contributed by atoms with Gasteiger partial charge in [0.25, 0.3) is 0 Å². The maximum Gasteiger partial charge on any atom is 0.217 e. The minimum absolute atomic E-state index is 0.0975. The molecule has 1 amide bonds. The molecule has 90 valence electrons. The fourth-order valence-corrected chi connectivity index (χ4v) is 1.64. The Kier molecular flexibility index (Phi) is 3.44. The van der Waals surface area contributed by atoms with Gasteiger partial charge in [0.15, 0.2) is 6.29 Å². The fraction of sp³-hybridized carbons (Fsp3) is 0.143. The van der Waals surface area contributed by atoms with Gasteiger partial charge in [0.1, 0.15) is 0 Å². The van der Waals surface area contributed by atoms with Crippen molar-refractivity contribution >= 4 is 23.1 Å². The SMILES string of the molecule is CC(=O)NCC#Cc1ccc2c(C=O)c[nH]c2c1. The van der Waals surface area contributed by atoms with Crippen LogP contribution in [0.3, 0.4) is 0 Å². The Morgan fingerprint density at radius 3 is 3.06 bits per heavy atom. The highest BCUT2D eigenvalue weighted by Gasteiger charge is 2.01. The fourth-order valence-electron chi connectivity index (χ4n) is 1.64. The van der Waals surface area contributed by atoms with E-state index in [9.17, 15) is 9.59 Å². The van der Waals surface area contributed by atoms with Gasteiger partial charge in [0.2, 0.25) is 5.91 Å². The van der Waals surface area contributed by atoms with Crippen molar-refractivity contribution in [3.05, 3.63) is 35.5 Å². The Hall–Kier alpha value is -2.54. The molecular formula is C14H12N2O2. The van der Waals surface area contributed by atoms with Crippen LogP contribution in [0.15, 0.2) is 24.4 Å². The van der Waals surface area contributed by atoms with Gasteiger partial charge in [-0.25, -0.2) is 0 Å². The first kappa shape index (κ1) is 11.9. The highest BCUT2D eigenvalue weighted by molar-refractivity contribution is 5.97. The molecule has 1 aromatic carbocycles. The predicted octanol–water partition coefficient (Wildman–Crippen LogP) is 1.47. The van der Waals surface area contributed by atoms with E-state index in [4.69, 9.17) is 0 Å². The van der Waals surface area contributed by atoms with Gasteiger partial charge < -0.3 is 10.3 Å². The average molecular weight is 240 g/mol. The number of amides is 1. The zero-order valence-corrected chi connectivity index (χ0v) is 9.91. The number of fused-ring (bicyclic) bond motifs is 1. The van der Waals surface area contributed by atoms with E-state index < -0.39 is 0 Å². The largest absolute Gasteiger partial charge is 0.360 e. The summed E-state index contributed by atoms with van der Waals surface area (Å²) in [6.07, 6.45) is 2.49. The number of hydrogen-bond acceptors (Lipinski definition) is 2. The van der Waals surface area contributed by atoms with Crippen LogP contribution in [0.5, 0.6) is 0 Å². The van der Waals surface area contributed by atoms with Crippen LogP contribution in [0, 0.1) is 11.8 Å². The summed E-state index contributed by atoms with van der Waals surface area (Å²) in [5.41, 5.74) is 2.36. The van der Waals surface area contributed by atoms with Crippen molar-refractivity contribution in [2.75, 3.05) is 6.54 Å². The second kappa shape index (κ2) is 5.19. The molecule has 0 saturated heterocycles. The minimum atomic E-state index is -0.0975. The van der Waals surface area contributed by atoms with Crippen molar-refractivity contribution in [2.45, 2.75) is 6.92 Å². The molecule has 0 bridgehead atoms. The molecule has 2 rings (SSSR count). The molecule has 0 radical (unpaired) electrons. The number of aromatic nitrogens is 1. The first-order chi connectivity index (χ1) is 8.70. The molecule has 0 fully saturated rings. The summed E-state index contributed by atoms with van der Waals surface area (Å²) in [6.45, 7) is 1.78. The average Bonchev–Trinajstić information content (AvgIpc) is 2.76. The number of carbonyl (C=O) groups excluding carboxylic acids is 2. The van der Waals surface area contributed by atoms with Gasteiger partial charge in [0, 0.05) is 35.2 Å². The number of H-pyrrole nitrogens is 1. The topological polar surface area (TPSA) is 62.0 Å². The van der Waals surface area contributed by atoms with E-state index in [1.807, 2.05) is 18.2 Å². The van der Waals surface area contributed by atoms with Crippen LogP contribution in [-0.4, -0.2) is 23.7 Å². The standard InChI is InChI=1S/C14H12N2O2/c1-10(18)15-6-2-3-11-4-5-13-12(9-17)8-16-14(13)7-11/h4-5,7-9,16H,6H2,1H3,(H,15,18). The summed E-state index contributed by atoms with van der Waals surface area (Å²) in [5.74, 6) is 5.70. The van der Waals surface area contributed by atoms with Gasteiger partial charge in [-0.3, -0.25) is 9.59 Å². The van der Waals surface area contributed by atoms with E-state index >= 15 is 0 Å². The molecule has 0 aliphatic carbocycles. The quantitative estimate of drug-likeness (QED) is 0.616. The second-order valence-electron chi connectivity index (χ2n) is 3.83. The Morgan fingerprint density at radius 2 is 2.33 bits per heavy atom. The van der Waals surface area contributed by atoms with Crippen molar-refractivity contribution < 1.29 is 9.59 Å². The molecule has 2 aromatic rings. The highest BCUT2D eigenvalue weighted by atomic mass is 16.1. The van der Waals surface area contributed by atoms with Crippen LogP contribution >= 0.6 is 0 Å². The minimum Gasteiger partial charge on any atom is -0.360 e. The number of benzene rings is 1. The summed E-state index contributed by atoms with van der Waals surface area (Å²) in [6, 6.07) is 5.59. The van der Waals surface area contributed by atoms with E-state index in [-0.39, 0.29) is 5.91 Å². The first-order valence-electron chi connectivity index (χ1n) is 5.50. The molecule has 1 aromatic heterocycles. The Bertz CT molecular complexity index is 659. The van der Waals surface area contributed by atoms with Crippen molar-refractivity contribution in [2.24, 2.45) is 0 Å². The van der Waals surface area contributed by atoms with Gasteiger partial charge in [-0.1, -0.05) is 17.9 Å². The van der Waals surface area contributed by atoms with Gasteiger partial charge in [0.05, 0.1) is 6.54 Å². The number of nitrogens with one attached hydrogen (secondary N) is 2. The summed E-state index contributed by atoms with van der Waals surface area (Å²) in [5, 5.41) is 3.49. The van der Waals surface area contributed by atoms with E-state index in [0.29, 0.717) is 12.1 Å². The summed E-state index contributed by atoms with van der Waals surface area (Å²) in [4.78, 5) is 24.4. The lowest BCUT2D eigenvalue weighted by atomic mass is 10.1. The van der Waals surface area contributed by atoms with Crippen molar-refractivity contribution in [3.8, 4) is 11.8 Å². The zero-order chi connectivity index (χ0) is 13.0. The van der Waals surface area contributed by atoms with Crippen LogP contribution < -0.4 is 5.32 Å². The number of aromatic amines is 1. The third-order valence-electron chi connectivity index (χ3n) is 2.50. The lowest BCUT2D eigenvalue weighted by Gasteiger charge is -1.94. The van der Waals surface area contributed by atoms with Gasteiger partial charge in [-0.05, 0) is 12.1 Å². The molecule has 0 atom stereocenters. The molecule has 1 heterocycles. The Balaban J connectivity index is 2.20. The Morgan fingerprint density at radius 1 is 1.50 bits per heavy atom. The summed E-state index contributed by atoms with van der Waals surface area (Å²) in [7, 11) is 0. The predicted molar refractivity (Wildman–Crippen MR) is 69.2 cm³/mol. The maximum atomic E-state index is 10.8. The number of hydrogen-bond donors (Lipinski definition) is 2. The summed E-state index contributed by atoms with van der Waals surface area (Å²) >= 11 is 0. The van der Waals surface area contributed by atoms with E-state index in [1.165, 1.54) is 6.92 Å². The zero-order valence-electron chi connectivity index (χ0n) is 9.91. The van der Waals surface area contributed by atoms with E-state index in [2.05, 4.69) is 22.1 Å². The molecule has 0 aliphatic heterocycles. The smallest absolute Gasteiger partial charge is 0.217 e. The molecule has 4 heteroatoms. The number of aldehydes is 1. The number of rotatable bonds is 2. The third kappa shape index (κ3) is 2.58. The van der Waals surface area contributed by atoms with Crippen LogP contribution in [0.2, 0.25) is 0 Å². The van der Waals surface area contributed by atoms with Gasteiger partial charge >= 0.3 is 0 Å². The molecular weight excluding hydrogens is 228 g/mol. The van der Waals surface area contributed by atoms with Crippen molar-refractivity contribution in [3.63, 3.8) is 0 Å². The lowest BCUT2D eigenvalue weighted by molar-refractivity contribution is -0.118. The van der Waals surface area contributed by atoms with Gasteiger partial charge in [-0.2, -0.15) is 0 Å².